The Morgan fingerprint density at radius 1 is 1.22 bits per heavy atom. The Morgan fingerprint density at radius 2 is 1.83 bits per heavy atom. The molecule has 1 rings (SSSR count). The topological polar surface area (TPSA) is 78.4 Å². The Hall–Kier alpha value is -1.60. The van der Waals surface area contributed by atoms with E-state index in [4.69, 9.17) is 19.9 Å². The number of methoxy groups -OCH3 is 2. The molecule has 0 spiro atoms. The van der Waals surface area contributed by atoms with E-state index in [0.29, 0.717) is 23.7 Å². The van der Waals surface area contributed by atoms with Gasteiger partial charge in [0, 0.05) is 0 Å². The van der Waals surface area contributed by atoms with Crippen LogP contribution in [-0.4, -0.2) is 64.0 Å². The number of nitrogens with two attached hydrogens (primary N) is 1. The molecule has 0 radical (unpaired) electrons. The van der Waals surface area contributed by atoms with Gasteiger partial charge in [-0.3, -0.25) is 4.48 Å². The smallest absolute Gasteiger partial charge is 0.336 e. The number of amidine groups is 1. The lowest BCUT2D eigenvalue weighted by atomic mass is 10.3. The fourth-order valence-corrected chi connectivity index (χ4v) is 1.51. The lowest BCUT2D eigenvalue weighted by Crippen LogP contribution is -2.55. The number of likely N-dealkylation sites (N-methyl/N-ethyl adjacent to an activating group) is 1. The van der Waals surface area contributed by atoms with Gasteiger partial charge in [0.1, 0.15) is 13.1 Å². The molecule has 7 heteroatoms. The second-order valence-corrected chi connectivity index (χ2v) is 4.12. The van der Waals surface area contributed by atoms with Crippen LogP contribution in [0, 0.1) is 0 Å². The maximum absolute atomic E-state index is 5.59. The Bertz CT molecular complexity index is 359. The minimum atomic E-state index is 0.0588. The van der Waals surface area contributed by atoms with Crippen LogP contribution < -0.4 is 5.73 Å². The van der Waals surface area contributed by atoms with E-state index in [9.17, 15) is 0 Å². The maximum atomic E-state index is 5.59. The van der Waals surface area contributed by atoms with Crippen molar-refractivity contribution in [1.29, 1.82) is 0 Å². The summed E-state index contributed by atoms with van der Waals surface area (Å²) < 4.78 is 15.7. The van der Waals surface area contributed by atoms with Gasteiger partial charge >= 0.3 is 5.96 Å². The number of quaternary nitrogens is 1. The highest BCUT2D eigenvalue weighted by Crippen LogP contribution is 2.12. The molecule has 0 unspecified atom stereocenters. The Morgan fingerprint density at radius 3 is 2.33 bits per heavy atom. The zero-order chi connectivity index (χ0) is 13.6. The van der Waals surface area contributed by atoms with Crippen molar-refractivity contribution in [3.63, 3.8) is 0 Å². The van der Waals surface area contributed by atoms with Gasteiger partial charge < -0.3 is 19.9 Å². The van der Waals surface area contributed by atoms with E-state index < -0.39 is 0 Å². The van der Waals surface area contributed by atoms with Crippen LogP contribution in [0.2, 0.25) is 0 Å². The van der Waals surface area contributed by atoms with E-state index in [1.807, 2.05) is 7.05 Å². The average Bonchev–Trinajstić information content (AvgIpc) is 2.38. The van der Waals surface area contributed by atoms with Gasteiger partial charge in [-0.15, -0.1) is 9.98 Å². The van der Waals surface area contributed by atoms with Crippen LogP contribution in [-0.2, 0) is 14.2 Å². The number of hydrogen-bond donors (Lipinski definition) is 1. The SMILES string of the molecule is C=C(N=C(N=C(N)OC)[N+]1(C)CCOCC1)OC. The van der Waals surface area contributed by atoms with Crippen molar-refractivity contribution >= 4 is 12.0 Å². The molecule has 1 saturated heterocycles. The van der Waals surface area contributed by atoms with Crippen LogP contribution in [0.25, 0.3) is 0 Å². The van der Waals surface area contributed by atoms with Crippen molar-refractivity contribution in [2.45, 2.75) is 0 Å². The van der Waals surface area contributed by atoms with Crippen LogP contribution in [0.3, 0.4) is 0 Å². The number of ether oxygens (including phenoxy) is 3. The second kappa shape index (κ2) is 6.36. The Kier molecular flexibility index (Phi) is 5.11. The second-order valence-electron chi connectivity index (χ2n) is 4.12. The average molecular weight is 257 g/mol. The number of rotatable bonds is 2. The van der Waals surface area contributed by atoms with E-state index in [2.05, 4.69) is 16.6 Å². The lowest BCUT2D eigenvalue weighted by molar-refractivity contribution is -0.831. The first-order valence-electron chi connectivity index (χ1n) is 5.64. The van der Waals surface area contributed by atoms with Gasteiger partial charge in [0.25, 0.3) is 6.02 Å². The molecule has 0 atom stereocenters. The lowest BCUT2D eigenvalue weighted by Gasteiger charge is -2.35. The molecule has 18 heavy (non-hydrogen) atoms. The molecule has 7 nitrogen and oxygen atoms in total. The molecule has 0 amide bonds. The molecular formula is C11H21N4O3+. The summed E-state index contributed by atoms with van der Waals surface area (Å²) in [5.41, 5.74) is 5.59. The third-order valence-electron chi connectivity index (χ3n) is 2.82. The summed E-state index contributed by atoms with van der Waals surface area (Å²) >= 11 is 0. The number of nitrogens with zero attached hydrogens (tertiary/aromatic N) is 3. The quantitative estimate of drug-likeness (QED) is 0.324. The first-order valence-corrected chi connectivity index (χ1v) is 5.64. The predicted octanol–water partition coefficient (Wildman–Crippen LogP) is -0.102. The summed E-state index contributed by atoms with van der Waals surface area (Å²) in [6.45, 7) is 6.49. The van der Waals surface area contributed by atoms with E-state index >= 15 is 0 Å². The zero-order valence-electron chi connectivity index (χ0n) is 11.2. The summed E-state index contributed by atoms with van der Waals surface area (Å²) in [7, 11) is 4.98. The summed E-state index contributed by atoms with van der Waals surface area (Å²) in [6, 6.07) is 0.0588. The van der Waals surface area contributed by atoms with Crippen LogP contribution in [0.5, 0.6) is 0 Å². The molecule has 0 bridgehead atoms. The molecule has 2 N–H and O–H groups in total. The van der Waals surface area contributed by atoms with Crippen LogP contribution in [0.15, 0.2) is 22.4 Å². The predicted molar refractivity (Wildman–Crippen MR) is 69.0 cm³/mol. The van der Waals surface area contributed by atoms with Gasteiger partial charge in [-0.1, -0.05) is 0 Å². The van der Waals surface area contributed by atoms with Gasteiger partial charge in [-0.25, -0.2) is 0 Å². The summed E-state index contributed by atoms with van der Waals surface area (Å²) in [5.74, 6) is 0.785. The molecule has 0 saturated carbocycles. The summed E-state index contributed by atoms with van der Waals surface area (Å²) in [6.07, 6.45) is 0. The third-order valence-corrected chi connectivity index (χ3v) is 2.82. The van der Waals surface area contributed by atoms with E-state index in [-0.39, 0.29) is 11.9 Å². The van der Waals surface area contributed by atoms with Crippen LogP contribution in [0.1, 0.15) is 0 Å². The van der Waals surface area contributed by atoms with Crippen LogP contribution in [0.4, 0.5) is 0 Å². The molecule has 1 heterocycles. The number of guanidine groups is 1. The number of hydrogen-bond acceptors (Lipinski definition) is 4. The molecule has 0 aliphatic carbocycles. The molecule has 0 aromatic heterocycles. The Balaban J connectivity index is 3.03. The zero-order valence-corrected chi connectivity index (χ0v) is 11.2. The molecular weight excluding hydrogens is 236 g/mol. The van der Waals surface area contributed by atoms with Gasteiger partial charge in [-0.2, -0.15) is 0 Å². The van der Waals surface area contributed by atoms with Crippen molar-refractivity contribution in [1.82, 2.24) is 0 Å². The molecule has 0 aromatic rings. The van der Waals surface area contributed by atoms with Crippen molar-refractivity contribution in [3.05, 3.63) is 12.5 Å². The third kappa shape index (κ3) is 3.71. The summed E-state index contributed by atoms with van der Waals surface area (Å²) in [5, 5.41) is 0. The molecule has 1 fully saturated rings. The number of morpholine rings is 1. The standard InChI is InChI=1S/C11H21N4O3/c1-9(16-3)13-11(14-10(12)17-4)15(2)5-7-18-8-6-15/h1,5-8H2,2-4H3,(H2,12,13,14)/q+1. The minimum Gasteiger partial charge on any atom is -0.481 e. The highest BCUT2D eigenvalue weighted by atomic mass is 16.5. The highest BCUT2D eigenvalue weighted by molar-refractivity contribution is 5.88. The van der Waals surface area contributed by atoms with Gasteiger partial charge in [0.2, 0.25) is 5.88 Å². The fraction of sp³-hybridized carbons (Fsp3) is 0.636. The molecule has 0 aromatic carbocycles. The molecule has 1 aliphatic rings. The van der Waals surface area contributed by atoms with Gasteiger partial charge in [0.05, 0.1) is 34.5 Å². The van der Waals surface area contributed by atoms with Crippen molar-refractivity contribution < 1.29 is 18.7 Å². The van der Waals surface area contributed by atoms with Crippen LogP contribution >= 0.6 is 0 Å². The van der Waals surface area contributed by atoms with Gasteiger partial charge in [0.15, 0.2) is 0 Å². The maximum Gasteiger partial charge on any atom is 0.336 e. The monoisotopic (exact) mass is 257 g/mol. The molecule has 1 aliphatic heterocycles. The van der Waals surface area contributed by atoms with E-state index in [1.165, 1.54) is 14.2 Å². The van der Waals surface area contributed by atoms with E-state index in [0.717, 1.165) is 13.1 Å². The first kappa shape index (κ1) is 14.5. The fourth-order valence-electron chi connectivity index (χ4n) is 1.51. The van der Waals surface area contributed by atoms with E-state index in [1.54, 1.807) is 0 Å². The molecule has 102 valence electrons. The van der Waals surface area contributed by atoms with Crippen molar-refractivity contribution in [2.75, 3.05) is 47.6 Å². The first-order chi connectivity index (χ1) is 8.51. The highest BCUT2D eigenvalue weighted by Gasteiger charge is 2.33. The minimum absolute atomic E-state index is 0.0588. The van der Waals surface area contributed by atoms with Crippen molar-refractivity contribution in [2.24, 2.45) is 15.7 Å². The van der Waals surface area contributed by atoms with Gasteiger partial charge in [-0.05, 0) is 6.58 Å². The number of aliphatic imine (C=N–C) groups is 2. The Labute approximate surface area is 107 Å². The van der Waals surface area contributed by atoms with Crippen molar-refractivity contribution in [3.8, 4) is 0 Å². The normalized spacial score (nSPS) is 20.4. The largest absolute Gasteiger partial charge is 0.481 e. The summed E-state index contributed by atoms with van der Waals surface area (Å²) in [4.78, 5) is 8.42.